The van der Waals surface area contributed by atoms with Gasteiger partial charge in [0.2, 0.25) is 11.8 Å². The lowest BCUT2D eigenvalue weighted by Gasteiger charge is -2.24. The van der Waals surface area contributed by atoms with Gasteiger partial charge in [-0.05, 0) is 42.7 Å². The molecule has 0 aromatic heterocycles. The fourth-order valence-electron chi connectivity index (χ4n) is 4.17. The fourth-order valence-corrected chi connectivity index (χ4v) is 4.17. The second-order valence-electron chi connectivity index (χ2n) is 9.32. The van der Waals surface area contributed by atoms with Gasteiger partial charge in [0.1, 0.15) is 24.2 Å². The summed E-state index contributed by atoms with van der Waals surface area (Å²) in [6, 6.07) is 7.87. The van der Waals surface area contributed by atoms with Crippen LogP contribution in [0.2, 0.25) is 0 Å². The van der Waals surface area contributed by atoms with Gasteiger partial charge < -0.3 is 26.0 Å². The predicted octanol–water partition coefficient (Wildman–Crippen LogP) is 1.62. The van der Waals surface area contributed by atoms with Crippen LogP contribution in [-0.2, 0) is 35.1 Å². The third-order valence-electron chi connectivity index (χ3n) is 6.25. The summed E-state index contributed by atoms with van der Waals surface area (Å²) in [6.07, 6.45) is -5.55. The number of methoxy groups -OCH3 is 1. The summed E-state index contributed by atoms with van der Waals surface area (Å²) in [5, 5.41) is 9.35. The van der Waals surface area contributed by atoms with Gasteiger partial charge in [0.15, 0.2) is 5.78 Å². The van der Waals surface area contributed by atoms with Crippen LogP contribution in [0, 0.1) is 11.7 Å². The van der Waals surface area contributed by atoms with Gasteiger partial charge in [0, 0.05) is 30.6 Å². The highest BCUT2D eigenvalue weighted by Crippen LogP contribution is 2.20. The van der Waals surface area contributed by atoms with Crippen LogP contribution >= 0.6 is 0 Å². The standard InChI is InChI=1S/C27H28F4N4O7/c1-41-19-7-3-6-18(13-19)33-25(39)26(40)35-21(11-15-4-2-5-17(28)10-15)24(38)34-20(12-16-8-9-32-23(16)37)22(36)14-42-27(29,30)31/h2-7,10,13,16,20-21H,8-9,11-12,14H2,1H3,(H,32,37)(H,33,39)(H,34,38)(H,35,40)/t16-,20-,21-/m0/s1. The number of ether oxygens (including phenoxy) is 2. The first-order valence-electron chi connectivity index (χ1n) is 12.7. The van der Waals surface area contributed by atoms with Gasteiger partial charge >= 0.3 is 18.2 Å². The molecule has 1 fully saturated rings. The molecule has 4 amide bonds. The van der Waals surface area contributed by atoms with Crippen LogP contribution in [0.3, 0.4) is 0 Å². The summed E-state index contributed by atoms with van der Waals surface area (Å²) in [5.41, 5.74) is 0.424. The first-order chi connectivity index (χ1) is 19.8. The molecule has 1 saturated heterocycles. The van der Waals surface area contributed by atoms with Gasteiger partial charge in [-0.25, -0.2) is 4.39 Å². The summed E-state index contributed by atoms with van der Waals surface area (Å²) in [7, 11) is 1.40. The van der Waals surface area contributed by atoms with Crippen LogP contribution in [0.1, 0.15) is 18.4 Å². The van der Waals surface area contributed by atoms with Gasteiger partial charge in [-0.3, -0.25) is 28.7 Å². The molecule has 1 heterocycles. The van der Waals surface area contributed by atoms with E-state index in [1.165, 1.54) is 31.4 Å². The van der Waals surface area contributed by atoms with Crippen LogP contribution in [0.25, 0.3) is 0 Å². The van der Waals surface area contributed by atoms with Gasteiger partial charge in [-0.15, -0.1) is 13.2 Å². The Hall–Kier alpha value is -4.53. The van der Waals surface area contributed by atoms with Crippen molar-refractivity contribution >= 4 is 35.1 Å². The van der Waals surface area contributed by atoms with Gasteiger partial charge in [0.25, 0.3) is 0 Å². The first kappa shape index (κ1) is 32.0. The smallest absolute Gasteiger partial charge is 0.497 e. The zero-order valence-corrected chi connectivity index (χ0v) is 22.3. The molecular weight excluding hydrogens is 568 g/mol. The number of hydrogen-bond donors (Lipinski definition) is 4. The van der Waals surface area contributed by atoms with Crippen molar-refractivity contribution in [2.45, 2.75) is 37.7 Å². The number of rotatable bonds is 12. The largest absolute Gasteiger partial charge is 0.522 e. The van der Waals surface area contributed by atoms with Crippen molar-refractivity contribution in [1.29, 1.82) is 0 Å². The summed E-state index contributed by atoms with van der Waals surface area (Å²) in [4.78, 5) is 63.4. The average Bonchev–Trinajstić information content (AvgIpc) is 3.34. The van der Waals surface area contributed by atoms with Crippen LogP contribution in [0.15, 0.2) is 48.5 Å². The Morgan fingerprint density at radius 2 is 1.76 bits per heavy atom. The molecule has 226 valence electrons. The van der Waals surface area contributed by atoms with E-state index in [0.29, 0.717) is 5.75 Å². The lowest BCUT2D eigenvalue weighted by Crippen LogP contribution is -2.55. The third-order valence-corrected chi connectivity index (χ3v) is 6.25. The minimum absolute atomic E-state index is 0.200. The second kappa shape index (κ2) is 14.4. The second-order valence-corrected chi connectivity index (χ2v) is 9.32. The van der Waals surface area contributed by atoms with Crippen LogP contribution in [-0.4, -0.2) is 68.1 Å². The highest BCUT2D eigenvalue weighted by atomic mass is 19.4. The fraction of sp³-hybridized carbons (Fsp3) is 0.370. The zero-order chi connectivity index (χ0) is 30.9. The van der Waals surface area contributed by atoms with Crippen LogP contribution < -0.4 is 26.0 Å². The van der Waals surface area contributed by atoms with Crippen molar-refractivity contribution < 1.29 is 51.0 Å². The lowest BCUT2D eigenvalue weighted by molar-refractivity contribution is -0.321. The maximum absolute atomic E-state index is 13.8. The molecule has 1 aliphatic heterocycles. The highest BCUT2D eigenvalue weighted by molar-refractivity contribution is 6.40. The van der Waals surface area contributed by atoms with E-state index in [9.17, 15) is 41.5 Å². The molecule has 0 spiro atoms. The number of Topliss-reactive ketones (excluding diaryl/α,β-unsaturated/α-hetero) is 1. The molecule has 2 aromatic carbocycles. The molecule has 2 aromatic rings. The normalized spacial score (nSPS) is 16.1. The number of amides is 4. The number of ketones is 1. The Bertz CT molecular complexity index is 1320. The SMILES string of the molecule is COc1cccc(NC(=O)C(=O)N[C@@H](Cc2cccc(F)c2)C(=O)N[C@@H](C[C@@H]2CCNC2=O)C(=O)COC(F)(F)F)c1. The van der Waals surface area contributed by atoms with Crippen molar-refractivity contribution in [3.05, 3.63) is 59.9 Å². The lowest BCUT2D eigenvalue weighted by atomic mass is 9.95. The third kappa shape index (κ3) is 9.83. The van der Waals surface area contributed by atoms with Crippen molar-refractivity contribution in [2.24, 2.45) is 5.92 Å². The highest BCUT2D eigenvalue weighted by Gasteiger charge is 2.36. The predicted molar refractivity (Wildman–Crippen MR) is 138 cm³/mol. The number of anilines is 1. The molecule has 0 unspecified atom stereocenters. The topological polar surface area (TPSA) is 152 Å². The number of halogens is 4. The number of carbonyl (C=O) groups excluding carboxylic acids is 5. The molecule has 3 rings (SSSR count). The Balaban J connectivity index is 1.80. The number of alkyl halides is 3. The Morgan fingerprint density at radius 1 is 1.02 bits per heavy atom. The number of hydrogen-bond acceptors (Lipinski definition) is 7. The van der Waals surface area contributed by atoms with Gasteiger partial charge in [0.05, 0.1) is 13.2 Å². The number of nitrogens with one attached hydrogen (secondary N) is 4. The Kier molecular flexibility index (Phi) is 11.0. The molecule has 3 atom stereocenters. The van der Waals surface area contributed by atoms with Crippen LogP contribution in [0.5, 0.6) is 5.75 Å². The summed E-state index contributed by atoms with van der Waals surface area (Å²) < 4.78 is 60.2. The molecular formula is C27H28F4N4O7. The van der Waals surface area contributed by atoms with E-state index in [1.54, 1.807) is 12.1 Å². The minimum Gasteiger partial charge on any atom is -0.497 e. The monoisotopic (exact) mass is 596 g/mol. The van der Waals surface area contributed by atoms with Crippen LogP contribution in [0.4, 0.5) is 23.2 Å². The summed E-state index contributed by atoms with van der Waals surface area (Å²) in [6.45, 7) is -1.16. The van der Waals surface area contributed by atoms with E-state index in [4.69, 9.17) is 4.74 Å². The Morgan fingerprint density at radius 3 is 2.40 bits per heavy atom. The molecule has 1 aliphatic rings. The first-order valence-corrected chi connectivity index (χ1v) is 12.7. The van der Waals surface area contributed by atoms with Crippen molar-refractivity contribution in [1.82, 2.24) is 16.0 Å². The van der Waals surface area contributed by atoms with E-state index >= 15 is 0 Å². The molecule has 11 nitrogen and oxygen atoms in total. The van der Waals surface area contributed by atoms with Gasteiger partial charge in [-0.1, -0.05) is 18.2 Å². The maximum atomic E-state index is 13.8. The number of carbonyl (C=O) groups is 5. The zero-order valence-electron chi connectivity index (χ0n) is 22.3. The van der Waals surface area contributed by atoms with E-state index in [-0.39, 0.29) is 37.1 Å². The molecule has 0 radical (unpaired) electrons. The van der Waals surface area contributed by atoms with Crippen molar-refractivity contribution in [2.75, 3.05) is 25.6 Å². The summed E-state index contributed by atoms with van der Waals surface area (Å²) in [5.74, 6) is -6.18. The maximum Gasteiger partial charge on any atom is 0.522 e. The van der Waals surface area contributed by atoms with Gasteiger partial charge in [-0.2, -0.15) is 0 Å². The van der Waals surface area contributed by atoms with E-state index in [1.807, 2.05) is 0 Å². The van der Waals surface area contributed by atoms with Crippen molar-refractivity contribution in [3.8, 4) is 5.75 Å². The molecule has 4 N–H and O–H groups in total. The van der Waals surface area contributed by atoms with Crippen molar-refractivity contribution in [3.63, 3.8) is 0 Å². The van der Waals surface area contributed by atoms with E-state index in [2.05, 4.69) is 26.0 Å². The quantitative estimate of drug-likeness (QED) is 0.215. The van der Waals surface area contributed by atoms with E-state index < -0.39 is 66.2 Å². The Labute approximate surface area is 237 Å². The molecule has 0 aliphatic carbocycles. The molecule has 42 heavy (non-hydrogen) atoms. The molecule has 15 heteroatoms. The summed E-state index contributed by atoms with van der Waals surface area (Å²) >= 11 is 0. The minimum atomic E-state index is -5.13. The van der Waals surface area contributed by atoms with E-state index in [0.717, 1.165) is 12.1 Å². The molecule has 0 bridgehead atoms. The average molecular weight is 597 g/mol. The molecule has 0 saturated carbocycles. The number of benzene rings is 2.